The molecule has 2 aliphatic carbocycles. The smallest absolute Gasteiger partial charge is 0.315 e. The Bertz CT molecular complexity index is 1570. The molecule has 5 N–H and O–H groups in total. The van der Waals surface area contributed by atoms with E-state index in [-0.39, 0.29) is 35.6 Å². The maximum Gasteiger partial charge on any atom is 0.315 e. The average Bonchev–Trinajstić information content (AvgIpc) is 3.82. The molecule has 0 spiro atoms. The molecule has 1 heterocycles. The number of nitrogens with one attached hydrogen (secondary N) is 3. The molecule has 3 fully saturated rings. The van der Waals surface area contributed by atoms with Gasteiger partial charge in [-0.05, 0) is 46.3 Å². The van der Waals surface area contributed by atoms with Crippen molar-refractivity contribution < 1.29 is 24.0 Å². The fourth-order valence-corrected chi connectivity index (χ4v) is 7.52. The molecule has 0 radical (unpaired) electrons. The molecule has 49 heavy (non-hydrogen) atoms. The summed E-state index contributed by atoms with van der Waals surface area (Å²) in [6.45, 7) is 19.7. The second-order valence-corrected chi connectivity index (χ2v) is 17.6. The third-order valence-electron chi connectivity index (χ3n) is 11.0. The number of fused-ring (bicyclic) bond motifs is 1. The highest BCUT2D eigenvalue weighted by atomic mass is 16.2. The number of carbonyl (C=O) groups excluding carboxylic acids is 5. The predicted octanol–water partition coefficient (Wildman–Crippen LogP) is 1.79. The number of hydrogen-bond donors (Lipinski definition) is 4. The first-order valence-corrected chi connectivity index (χ1v) is 17.4. The van der Waals surface area contributed by atoms with Crippen molar-refractivity contribution in [3.05, 3.63) is 26.0 Å². The molecule has 0 aromatic heterocycles. The largest absolute Gasteiger partial charge is 0.369 e. The Labute approximate surface area is 289 Å². The summed E-state index contributed by atoms with van der Waals surface area (Å²) >= 11 is 0. The van der Waals surface area contributed by atoms with E-state index >= 15 is 0 Å². The summed E-state index contributed by atoms with van der Waals surface area (Å²) < 4.78 is 0. The Morgan fingerprint density at radius 2 is 1.53 bits per heavy atom. The lowest BCUT2D eigenvalue weighted by Gasteiger charge is -2.39. The van der Waals surface area contributed by atoms with Crippen molar-refractivity contribution in [2.45, 2.75) is 119 Å². The standard InChI is InChI=1S/C36H56N6O7/c1-17(2)22-24(28(45)27(22)44)41(11)16-21(34(3,4)5)39-33(49)40-29(35(6,7)8)32(48)42-15-19-23(36(19,9)10)25(42)31(47)38-20(14-18-12-13-18)26(43)30(37)46/h17-21,23,25,29H,12-16H2,1-11H3,(H2,37,46)(H,38,47)(H2,39,40,49)/t19-,20?,21+,23-,25-,29+/m0/s1. The number of hydrogen-bond acceptors (Lipinski definition) is 8. The van der Waals surface area contributed by atoms with Crippen LogP contribution in [-0.4, -0.2) is 78.7 Å². The van der Waals surface area contributed by atoms with Gasteiger partial charge in [0.15, 0.2) is 0 Å². The van der Waals surface area contributed by atoms with Gasteiger partial charge in [0.2, 0.25) is 28.5 Å². The van der Waals surface area contributed by atoms with E-state index in [1.165, 1.54) is 4.90 Å². The second-order valence-electron chi connectivity index (χ2n) is 17.6. The van der Waals surface area contributed by atoms with Crippen molar-refractivity contribution in [1.29, 1.82) is 0 Å². The van der Waals surface area contributed by atoms with Crippen LogP contribution in [0.5, 0.6) is 0 Å². The lowest BCUT2D eigenvalue weighted by atomic mass is 9.84. The number of piperidine rings is 1. The highest BCUT2D eigenvalue weighted by Gasteiger charge is 2.70. The number of rotatable bonds is 13. The van der Waals surface area contributed by atoms with Crippen LogP contribution in [0.1, 0.15) is 100.0 Å². The van der Waals surface area contributed by atoms with E-state index in [4.69, 9.17) is 5.73 Å². The van der Waals surface area contributed by atoms with Crippen LogP contribution in [0.2, 0.25) is 0 Å². The van der Waals surface area contributed by atoms with Crippen molar-refractivity contribution >= 4 is 35.2 Å². The fourth-order valence-electron chi connectivity index (χ4n) is 7.52. The van der Waals surface area contributed by atoms with E-state index in [0.717, 1.165) is 12.8 Å². The first-order chi connectivity index (χ1) is 22.4. The Morgan fingerprint density at radius 1 is 0.939 bits per heavy atom. The summed E-state index contributed by atoms with van der Waals surface area (Å²) in [6, 6.07) is -4.02. The van der Waals surface area contributed by atoms with Crippen LogP contribution in [0, 0.1) is 34.0 Å². The molecule has 0 bridgehead atoms. The number of anilines is 1. The molecule has 3 aliphatic rings. The highest BCUT2D eigenvalue weighted by Crippen LogP contribution is 2.65. The number of urea groups is 1. The molecule has 272 valence electrons. The van der Waals surface area contributed by atoms with Gasteiger partial charge >= 0.3 is 6.03 Å². The maximum absolute atomic E-state index is 14.4. The maximum atomic E-state index is 14.4. The molecule has 5 amide bonds. The van der Waals surface area contributed by atoms with E-state index in [9.17, 15) is 33.6 Å². The number of likely N-dealkylation sites (tertiary alicyclic amines) is 1. The number of primary amides is 1. The predicted molar refractivity (Wildman–Crippen MR) is 187 cm³/mol. The molecule has 1 aromatic carbocycles. The molecule has 4 rings (SSSR count). The van der Waals surface area contributed by atoms with Crippen LogP contribution in [0.3, 0.4) is 0 Å². The van der Waals surface area contributed by atoms with Gasteiger partial charge in [-0.3, -0.25) is 28.8 Å². The first-order valence-electron chi connectivity index (χ1n) is 17.4. The Morgan fingerprint density at radius 3 is 2.02 bits per heavy atom. The highest BCUT2D eigenvalue weighted by molar-refractivity contribution is 6.37. The van der Waals surface area contributed by atoms with Crippen LogP contribution >= 0.6 is 0 Å². The van der Waals surface area contributed by atoms with Gasteiger partial charge in [-0.25, -0.2) is 4.79 Å². The monoisotopic (exact) mass is 684 g/mol. The summed E-state index contributed by atoms with van der Waals surface area (Å²) in [4.78, 5) is 94.4. The molecule has 2 saturated carbocycles. The van der Waals surface area contributed by atoms with Gasteiger partial charge in [0.05, 0.1) is 17.8 Å². The molecular formula is C36H56N6O7. The summed E-state index contributed by atoms with van der Waals surface area (Å²) in [5.41, 5.74) is 3.71. The molecule has 1 unspecified atom stereocenters. The van der Waals surface area contributed by atoms with E-state index in [2.05, 4.69) is 16.0 Å². The molecule has 13 heteroatoms. The Balaban J connectivity index is 1.53. The minimum Gasteiger partial charge on any atom is -0.369 e. The van der Waals surface area contributed by atoms with Crippen LogP contribution in [-0.2, 0) is 19.2 Å². The quantitative estimate of drug-likeness (QED) is 0.226. The van der Waals surface area contributed by atoms with Gasteiger partial charge in [0.1, 0.15) is 12.1 Å². The van der Waals surface area contributed by atoms with E-state index in [1.54, 1.807) is 11.9 Å². The number of ketones is 1. The van der Waals surface area contributed by atoms with Crippen LogP contribution < -0.4 is 37.4 Å². The number of nitrogens with two attached hydrogens (primary N) is 1. The molecule has 1 aliphatic heterocycles. The van der Waals surface area contributed by atoms with Gasteiger partial charge in [0.25, 0.3) is 5.91 Å². The van der Waals surface area contributed by atoms with Gasteiger partial charge < -0.3 is 31.5 Å². The third kappa shape index (κ3) is 7.70. The lowest BCUT2D eigenvalue weighted by Crippen LogP contribution is -2.62. The van der Waals surface area contributed by atoms with E-state index < -0.39 is 75.4 Å². The Hall–Kier alpha value is -3.77. The number of Topliss-reactive ketones (excluding diaryl/α,β-unsaturated/α-hetero) is 1. The van der Waals surface area contributed by atoms with Gasteiger partial charge in [-0.1, -0.05) is 82.1 Å². The zero-order valence-electron chi connectivity index (χ0n) is 31.0. The minimum atomic E-state index is -1.11. The first kappa shape index (κ1) is 38.0. The number of amides is 5. The van der Waals surface area contributed by atoms with E-state index in [0.29, 0.717) is 24.2 Å². The summed E-state index contributed by atoms with van der Waals surface area (Å²) in [5, 5.41) is 8.66. The van der Waals surface area contributed by atoms with Crippen LogP contribution in [0.25, 0.3) is 0 Å². The number of carbonyl (C=O) groups is 5. The summed E-state index contributed by atoms with van der Waals surface area (Å²) in [6.07, 6.45) is 2.14. The summed E-state index contributed by atoms with van der Waals surface area (Å²) in [7, 11) is 1.72. The van der Waals surface area contributed by atoms with Crippen LogP contribution in [0.15, 0.2) is 9.59 Å². The molecular weight excluding hydrogens is 628 g/mol. The zero-order valence-corrected chi connectivity index (χ0v) is 31.0. The lowest BCUT2D eigenvalue weighted by molar-refractivity contribution is -0.145. The van der Waals surface area contributed by atoms with Gasteiger partial charge in [-0.2, -0.15) is 0 Å². The van der Waals surface area contributed by atoms with Crippen molar-refractivity contribution in [3.8, 4) is 0 Å². The summed E-state index contributed by atoms with van der Waals surface area (Å²) in [5.74, 6) is -2.85. The van der Waals surface area contributed by atoms with Gasteiger partial charge in [-0.15, -0.1) is 0 Å². The normalized spacial score (nSPS) is 23.3. The SMILES string of the molecule is CC(C)c1c(N(C)C[C@@H](NC(=O)N[C@H](C(=O)N2C[C@H]3[C@@H]([C@H]2C(=O)NC(CC2CC2)C(=O)C(N)=O)C3(C)C)C(C)(C)C)C(C)(C)C)c(=O)c1=O. The van der Waals surface area contributed by atoms with Crippen LogP contribution in [0.4, 0.5) is 10.5 Å². The van der Waals surface area contributed by atoms with Crippen molar-refractivity contribution in [2.75, 3.05) is 25.0 Å². The van der Waals surface area contributed by atoms with Crippen molar-refractivity contribution in [3.63, 3.8) is 0 Å². The zero-order chi connectivity index (χ0) is 37.1. The molecule has 6 atom stereocenters. The van der Waals surface area contributed by atoms with Crippen molar-refractivity contribution in [1.82, 2.24) is 20.9 Å². The topological polar surface area (TPSA) is 188 Å². The average molecular weight is 685 g/mol. The second kappa shape index (κ2) is 13.2. The molecule has 1 aromatic rings. The molecule has 13 nitrogen and oxygen atoms in total. The van der Waals surface area contributed by atoms with Crippen molar-refractivity contribution in [2.24, 2.45) is 39.7 Å². The fraction of sp³-hybridized carbons (Fsp3) is 0.750. The molecule has 1 saturated heterocycles. The number of likely N-dealkylation sites (N-methyl/N-ethyl adjacent to an activating group) is 1. The Kier molecular flexibility index (Phi) is 10.2. The van der Waals surface area contributed by atoms with Gasteiger partial charge in [0, 0.05) is 25.7 Å². The number of nitrogens with zero attached hydrogens (tertiary/aromatic N) is 2. The third-order valence-corrected chi connectivity index (χ3v) is 11.0. The minimum absolute atomic E-state index is 0.0577. The van der Waals surface area contributed by atoms with E-state index in [1.807, 2.05) is 69.2 Å².